The van der Waals surface area contributed by atoms with Gasteiger partial charge in [-0.1, -0.05) is 0 Å². The van der Waals surface area contributed by atoms with Crippen molar-refractivity contribution in [3.63, 3.8) is 0 Å². The second-order valence-corrected chi connectivity index (χ2v) is 3.60. The Hall–Kier alpha value is -1.65. The van der Waals surface area contributed by atoms with Crippen molar-refractivity contribution in [2.45, 2.75) is 26.9 Å². The first kappa shape index (κ1) is 13.4. The van der Waals surface area contributed by atoms with Crippen molar-refractivity contribution in [3.05, 3.63) is 12.1 Å². The first-order valence-corrected chi connectivity index (χ1v) is 5.43. The smallest absolute Gasteiger partial charge is 0.217 e. The third-order valence-electron chi connectivity index (χ3n) is 1.99. The number of benzene rings is 1. The fourth-order valence-corrected chi connectivity index (χ4v) is 1.38. The van der Waals surface area contributed by atoms with Gasteiger partial charge in [-0.3, -0.25) is 4.94 Å². The zero-order valence-corrected chi connectivity index (χ0v) is 10.5. The summed E-state index contributed by atoms with van der Waals surface area (Å²) in [6, 6.07) is 2.99. The SMILES string of the molecule is CCOc1c(OC)ccc(OF)c1OC(C)C. The maximum atomic E-state index is 12.4. The molecule has 0 saturated carbocycles. The summed E-state index contributed by atoms with van der Waals surface area (Å²) in [5.41, 5.74) is 0. The summed E-state index contributed by atoms with van der Waals surface area (Å²) in [6.07, 6.45) is -0.129. The van der Waals surface area contributed by atoms with Gasteiger partial charge in [0.2, 0.25) is 17.2 Å². The molecule has 17 heavy (non-hydrogen) atoms. The van der Waals surface area contributed by atoms with Crippen LogP contribution in [-0.4, -0.2) is 19.8 Å². The lowest BCUT2D eigenvalue weighted by Gasteiger charge is -2.17. The molecule has 0 saturated heterocycles. The highest BCUT2D eigenvalue weighted by atomic mass is 19.3. The number of hydrogen-bond acceptors (Lipinski definition) is 4. The third-order valence-corrected chi connectivity index (χ3v) is 1.99. The maximum Gasteiger partial charge on any atom is 0.217 e. The van der Waals surface area contributed by atoms with Gasteiger partial charge in [0.25, 0.3) is 0 Å². The lowest BCUT2D eigenvalue weighted by atomic mass is 10.2. The van der Waals surface area contributed by atoms with Crippen LogP contribution in [0.2, 0.25) is 0 Å². The Morgan fingerprint density at radius 1 is 1.18 bits per heavy atom. The summed E-state index contributed by atoms with van der Waals surface area (Å²) in [5, 5.41) is 0. The molecule has 0 aromatic heterocycles. The highest BCUT2D eigenvalue weighted by Crippen LogP contribution is 2.45. The topological polar surface area (TPSA) is 36.9 Å². The predicted molar refractivity (Wildman–Crippen MR) is 61.7 cm³/mol. The molecule has 4 nitrogen and oxygen atoms in total. The van der Waals surface area contributed by atoms with Crippen molar-refractivity contribution in [3.8, 4) is 23.0 Å². The Morgan fingerprint density at radius 3 is 2.29 bits per heavy atom. The molecule has 0 amide bonds. The Labute approximate surface area is 100 Å². The van der Waals surface area contributed by atoms with Crippen LogP contribution >= 0.6 is 0 Å². The average molecular weight is 244 g/mol. The number of halogens is 1. The van der Waals surface area contributed by atoms with E-state index in [0.29, 0.717) is 18.1 Å². The van der Waals surface area contributed by atoms with Gasteiger partial charge in [0.1, 0.15) is 0 Å². The van der Waals surface area contributed by atoms with E-state index in [2.05, 4.69) is 4.94 Å². The molecule has 96 valence electrons. The molecule has 0 N–H and O–H groups in total. The van der Waals surface area contributed by atoms with E-state index in [1.54, 1.807) is 6.07 Å². The van der Waals surface area contributed by atoms with Gasteiger partial charge in [-0.2, -0.15) is 0 Å². The molecule has 1 aromatic rings. The molecule has 0 aliphatic rings. The van der Waals surface area contributed by atoms with Gasteiger partial charge in [-0.05, 0) is 32.9 Å². The predicted octanol–water partition coefficient (Wildman–Crippen LogP) is 3.14. The van der Waals surface area contributed by atoms with E-state index in [9.17, 15) is 4.53 Å². The van der Waals surface area contributed by atoms with Crippen LogP contribution in [-0.2, 0) is 0 Å². The second kappa shape index (κ2) is 6.18. The minimum absolute atomic E-state index is 0.0250. The van der Waals surface area contributed by atoms with Gasteiger partial charge >= 0.3 is 0 Å². The van der Waals surface area contributed by atoms with Gasteiger partial charge in [0.05, 0.1) is 19.8 Å². The van der Waals surface area contributed by atoms with Crippen molar-refractivity contribution in [2.24, 2.45) is 0 Å². The molecule has 5 heteroatoms. The highest BCUT2D eigenvalue weighted by molar-refractivity contribution is 5.59. The van der Waals surface area contributed by atoms with E-state index < -0.39 is 0 Å². The Balaban J connectivity index is 3.24. The normalized spacial score (nSPS) is 10.2. The van der Waals surface area contributed by atoms with E-state index in [-0.39, 0.29) is 17.6 Å². The van der Waals surface area contributed by atoms with Gasteiger partial charge < -0.3 is 14.2 Å². The molecule has 0 unspecified atom stereocenters. The van der Waals surface area contributed by atoms with Crippen molar-refractivity contribution in [1.82, 2.24) is 0 Å². The molecule has 0 bridgehead atoms. The number of ether oxygens (including phenoxy) is 3. The fraction of sp³-hybridized carbons (Fsp3) is 0.500. The van der Waals surface area contributed by atoms with Crippen LogP contribution in [0.15, 0.2) is 12.1 Å². The summed E-state index contributed by atoms with van der Waals surface area (Å²) in [6.45, 7) is 5.90. The fourth-order valence-electron chi connectivity index (χ4n) is 1.38. The number of rotatable bonds is 6. The van der Waals surface area contributed by atoms with Crippen molar-refractivity contribution < 1.29 is 23.7 Å². The minimum atomic E-state index is -0.129. The largest absolute Gasteiger partial charge is 0.493 e. The van der Waals surface area contributed by atoms with Crippen LogP contribution < -0.4 is 19.2 Å². The average Bonchev–Trinajstić information content (AvgIpc) is 2.30. The summed E-state index contributed by atoms with van der Waals surface area (Å²) >= 11 is 0. The van der Waals surface area contributed by atoms with Gasteiger partial charge in [0.15, 0.2) is 5.75 Å². The molecule has 1 aromatic carbocycles. The molecule has 0 radical (unpaired) electrons. The van der Waals surface area contributed by atoms with E-state index in [4.69, 9.17) is 14.2 Å². The molecule has 0 heterocycles. The standard InChI is InChI=1S/C12H17FO4/c1-5-15-11-9(14-4)6-7-10(17-13)12(11)16-8(2)3/h6-8H,5H2,1-4H3. The Morgan fingerprint density at radius 2 is 1.82 bits per heavy atom. The molecule has 0 aliphatic carbocycles. The molecule has 0 atom stereocenters. The summed E-state index contributed by atoms with van der Waals surface area (Å²) in [4.78, 5) is 3.77. The molecule has 0 fully saturated rings. The molecular formula is C12H17FO4. The van der Waals surface area contributed by atoms with Crippen LogP contribution in [0.3, 0.4) is 0 Å². The van der Waals surface area contributed by atoms with E-state index in [1.165, 1.54) is 13.2 Å². The van der Waals surface area contributed by atoms with Crippen LogP contribution in [0.5, 0.6) is 23.0 Å². The summed E-state index contributed by atoms with van der Waals surface area (Å²) < 4.78 is 28.5. The van der Waals surface area contributed by atoms with Crippen molar-refractivity contribution in [1.29, 1.82) is 0 Å². The van der Waals surface area contributed by atoms with Crippen LogP contribution in [0.1, 0.15) is 20.8 Å². The first-order valence-electron chi connectivity index (χ1n) is 5.43. The zero-order valence-electron chi connectivity index (χ0n) is 10.5. The number of hydrogen-bond donors (Lipinski definition) is 0. The lowest BCUT2D eigenvalue weighted by molar-refractivity contribution is -0.0111. The Bertz CT molecular complexity index is 366. The Kier molecular flexibility index (Phi) is 4.87. The maximum absolute atomic E-state index is 12.4. The zero-order chi connectivity index (χ0) is 12.8. The second-order valence-electron chi connectivity index (χ2n) is 3.60. The van der Waals surface area contributed by atoms with Crippen molar-refractivity contribution in [2.75, 3.05) is 13.7 Å². The van der Waals surface area contributed by atoms with E-state index >= 15 is 0 Å². The molecule has 1 rings (SSSR count). The quantitative estimate of drug-likeness (QED) is 0.770. The minimum Gasteiger partial charge on any atom is -0.493 e. The first-order chi connectivity index (χ1) is 8.13. The van der Waals surface area contributed by atoms with Gasteiger partial charge in [-0.25, -0.2) is 0 Å². The van der Waals surface area contributed by atoms with Crippen molar-refractivity contribution >= 4 is 0 Å². The number of methoxy groups -OCH3 is 1. The van der Waals surface area contributed by atoms with Crippen LogP contribution in [0, 0.1) is 0 Å². The van der Waals surface area contributed by atoms with Crippen LogP contribution in [0.4, 0.5) is 4.53 Å². The summed E-state index contributed by atoms with van der Waals surface area (Å²) in [7, 11) is 1.51. The monoisotopic (exact) mass is 244 g/mol. The molecule has 0 aliphatic heterocycles. The molecular weight excluding hydrogens is 227 g/mol. The van der Waals surface area contributed by atoms with E-state index in [0.717, 1.165) is 0 Å². The molecule has 0 spiro atoms. The lowest BCUT2D eigenvalue weighted by Crippen LogP contribution is -2.09. The van der Waals surface area contributed by atoms with Gasteiger partial charge in [-0.15, -0.1) is 0 Å². The van der Waals surface area contributed by atoms with E-state index in [1.807, 2.05) is 20.8 Å². The summed E-state index contributed by atoms with van der Waals surface area (Å²) in [5.74, 6) is 1.01. The van der Waals surface area contributed by atoms with Crippen LogP contribution in [0.25, 0.3) is 0 Å². The third kappa shape index (κ3) is 3.15. The highest BCUT2D eigenvalue weighted by Gasteiger charge is 2.20. The van der Waals surface area contributed by atoms with Gasteiger partial charge in [0, 0.05) is 4.53 Å².